The molecular weight excluding hydrogens is 528 g/mol. The maximum atomic E-state index is 13.3. The highest BCUT2D eigenvalue weighted by Gasteiger charge is 2.47. The molecule has 0 aliphatic carbocycles. The van der Waals surface area contributed by atoms with Gasteiger partial charge in [-0.25, -0.2) is 0 Å². The Morgan fingerprint density at radius 3 is 2.19 bits per heavy atom. The average molecular weight is 551 g/mol. The van der Waals surface area contributed by atoms with Crippen molar-refractivity contribution in [3.63, 3.8) is 0 Å². The molecule has 0 saturated carbocycles. The third-order valence-electron chi connectivity index (χ3n) is 5.77. The second kappa shape index (κ2) is 10.2. The van der Waals surface area contributed by atoms with Crippen molar-refractivity contribution >= 4 is 50.7 Å². The molecule has 1 fully saturated rings. The van der Waals surface area contributed by atoms with Gasteiger partial charge in [-0.05, 0) is 76.1 Å². The molecule has 1 heterocycles. The first-order chi connectivity index (χ1) is 17.2. The zero-order valence-corrected chi connectivity index (χ0v) is 21.3. The summed E-state index contributed by atoms with van der Waals surface area (Å²) < 4.78 is 11.1. The summed E-state index contributed by atoms with van der Waals surface area (Å²) in [7, 11) is 3.06. The van der Waals surface area contributed by atoms with Gasteiger partial charge in [0.15, 0.2) is 0 Å². The number of amides is 2. The van der Waals surface area contributed by atoms with Gasteiger partial charge in [-0.15, -0.1) is 0 Å². The van der Waals surface area contributed by atoms with Gasteiger partial charge >= 0.3 is 0 Å². The predicted molar refractivity (Wildman–Crippen MR) is 139 cm³/mol. The summed E-state index contributed by atoms with van der Waals surface area (Å²) >= 11 is 3.39. The molecule has 8 nitrogen and oxygen atoms in total. The number of benzene rings is 3. The summed E-state index contributed by atoms with van der Waals surface area (Å²) in [6.45, 7) is 1.40. The first-order valence-electron chi connectivity index (χ1n) is 10.9. The van der Waals surface area contributed by atoms with E-state index >= 15 is 0 Å². The normalized spacial score (nSPS) is 16.7. The number of hydrogen-bond donors (Lipinski definition) is 2. The fourth-order valence-electron chi connectivity index (χ4n) is 4.08. The molecule has 1 aliphatic rings. The molecule has 0 spiro atoms. The molecule has 184 valence electrons. The van der Waals surface area contributed by atoms with Crippen molar-refractivity contribution in [3.05, 3.63) is 87.9 Å². The van der Waals surface area contributed by atoms with Gasteiger partial charge in [-0.1, -0.05) is 12.1 Å². The number of Topliss-reactive ketones (excluding diaryl/α,β-unsaturated/α-hetero) is 1. The monoisotopic (exact) mass is 550 g/mol. The standard InChI is InChI=1S/C27H23BrN2O6/c1-15(31)29-18-7-9-19(10-8-18)30-24(16-4-11-20(35-2)12-5-16)23(26(33)27(30)34)25(32)17-6-13-22(36-3)21(28)14-17/h4-14,24,32H,1-3H3,(H,29,31)/b25-23-. The van der Waals surface area contributed by atoms with E-state index in [1.807, 2.05) is 0 Å². The van der Waals surface area contributed by atoms with E-state index in [1.54, 1.807) is 73.8 Å². The third-order valence-corrected chi connectivity index (χ3v) is 6.39. The predicted octanol–water partition coefficient (Wildman–Crippen LogP) is 5.05. The lowest BCUT2D eigenvalue weighted by atomic mass is 9.95. The molecule has 4 rings (SSSR count). The maximum absolute atomic E-state index is 13.3. The zero-order chi connectivity index (χ0) is 26.0. The number of rotatable bonds is 6. The second-order valence-corrected chi connectivity index (χ2v) is 8.87. The lowest BCUT2D eigenvalue weighted by molar-refractivity contribution is -0.132. The van der Waals surface area contributed by atoms with E-state index in [2.05, 4.69) is 21.2 Å². The quantitative estimate of drug-likeness (QED) is 0.253. The molecule has 2 amide bonds. The summed E-state index contributed by atoms with van der Waals surface area (Å²) in [6.07, 6.45) is 0. The van der Waals surface area contributed by atoms with Crippen molar-refractivity contribution in [3.8, 4) is 11.5 Å². The summed E-state index contributed by atoms with van der Waals surface area (Å²) in [5, 5.41) is 14.0. The van der Waals surface area contributed by atoms with Gasteiger partial charge in [-0.3, -0.25) is 19.3 Å². The van der Waals surface area contributed by atoms with Crippen LogP contribution in [0, 0.1) is 0 Å². The number of nitrogens with one attached hydrogen (secondary N) is 1. The van der Waals surface area contributed by atoms with E-state index in [4.69, 9.17) is 9.47 Å². The number of ether oxygens (including phenoxy) is 2. The number of aliphatic hydroxyl groups is 1. The number of anilines is 2. The van der Waals surface area contributed by atoms with Gasteiger partial charge in [-0.2, -0.15) is 0 Å². The van der Waals surface area contributed by atoms with Crippen molar-refractivity contribution in [2.75, 3.05) is 24.4 Å². The molecule has 3 aromatic carbocycles. The first kappa shape index (κ1) is 25.0. The molecule has 1 atom stereocenters. The smallest absolute Gasteiger partial charge is 0.300 e. The van der Waals surface area contributed by atoms with Crippen LogP contribution in [0.1, 0.15) is 24.1 Å². The van der Waals surface area contributed by atoms with Gasteiger partial charge in [0.1, 0.15) is 17.3 Å². The SMILES string of the molecule is COc1ccc(C2/C(=C(/O)c3ccc(OC)c(Br)c3)C(=O)C(=O)N2c2ccc(NC(C)=O)cc2)cc1. The Morgan fingerprint density at radius 2 is 1.64 bits per heavy atom. The number of halogens is 1. The molecule has 0 aromatic heterocycles. The molecule has 2 N–H and O–H groups in total. The third kappa shape index (κ3) is 4.70. The molecule has 1 unspecified atom stereocenters. The van der Waals surface area contributed by atoms with Gasteiger partial charge in [0.05, 0.1) is 30.3 Å². The summed E-state index contributed by atoms with van der Waals surface area (Å²) in [5.41, 5.74) is 1.89. The Kier molecular flexibility index (Phi) is 7.12. The van der Waals surface area contributed by atoms with Gasteiger partial charge in [0.25, 0.3) is 11.7 Å². The first-order valence-corrected chi connectivity index (χ1v) is 11.7. The van der Waals surface area contributed by atoms with E-state index in [1.165, 1.54) is 18.9 Å². The lowest BCUT2D eigenvalue weighted by Crippen LogP contribution is -2.29. The van der Waals surface area contributed by atoms with Crippen LogP contribution in [0.25, 0.3) is 5.76 Å². The Bertz CT molecular complexity index is 1370. The van der Waals surface area contributed by atoms with Crippen LogP contribution in [0.2, 0.25) is 0 Å². The minimum Gasteiger partial charge on any atom is -0.507 e. The lowest BCUT2D eigenvalue weighted by Gasteiger charge is -2.26. The molecule has 0 bridgehead atoms. The highest BCUT2D eigenvalue weighted by Crippen LogP contribution is 2.43. The molecular formula is C27H23BrN2O6. The minimum absolute atomic E-state index is 0.0480. The van der Waals surface area contributed by atoms with Crippen LogP contribution in [0.3, 0.4) is 0 Å². The molecule has 1 saturated heterocycles. The largest absolute Gasteiger partial charge is 0.507 e. The van der Waals surface area contributed by atoms with Crippen LogP contribution in [0.4, 0.5) is 11.4 Å². The maximum Gasteiger partial charge on any atom is 0.300 e. The number of hydrogen-bond acceptors (Lipinski definition) is 6. The number of carbonyl (C=O) groups excluding carboxylic acids is 3. The Morgan fingerprint density at radius 1 is 0.972 bits per heavy atom. The van der Waals surface area contributed by atoms with Gasteiger partial charge < -0.3 is 19.9 Å². The Hall–Kier alpha value is -4.11. The highest BCUT2D eigenvalue weighted by atomic mass is 79.9. The number of carbonyl (C=O) groups is 3. The van der Waals surface area contributed by atoms with Crippen LogP contribution in [-0.4, -0.2) is 36.9 Å². The topological polar surface area (TPSA) is 105 Å². The fourth-order valence-corrected chi connectivity index (χ4v) is 4.62. The fraction of sp³-hybridized carbons (Fsp3) is 0.148. The van der Waals surface area contributed by atoms with Gasteiger partial charge in [0.2, 0.25) is 5.91 Å². The van der Waals surface area contributed by atoms with Crippen LogP contribution < -0.4 is 19.7 Å². The summed E-state index contributed by atoms with van der Waals surface area (Å²) in [4.78, 5) is 39.3. The summed E-state index contributed by atoms with van der Waals surface area (Å²) in [5.74, 6) is -0.974. The number of nitrogens with zero attached hydrogens (tertiary/aromatic N) is 1. The number of aliphatic hydroxyl groups excluding tert-OH is 1. The molecule has 36 heavy (non-hydrogen) atoms. The molecule has 9 heteroatoms. The second-order valence-electron chi connectivity index (χ2n) is 8.02. The van der Waals surface area contributed by atoms with Gasteiger partial charge in [0, 0.05) is 23.9 Å². The highest BCUT2D eigenvalue weighted by molar-refractivity contribution is 9.10. The van der Waals surface area contributed by atoms with E-state index < -0.39 is 17.7 Å². The molecule has 0 radical (unpaired) electrons. The van der Waals surface area contributed by atoms with Crippen LogP contribution in [-0.2, 0) is 14.4 Å². The van der Waals surface area contributed by atoms with Crippen LogP contribution in [0.5, 0.6) is 11.5 Å². The van der Waals surface area contributed by atoms with Crippen molar-refractivity contribution < 1.29 is 29.0 Å². The van der Waals surface area contributed by atoms with E-state index in [-0.39, 0.29) is 17.2 Å². The van der Waals surface area contributed by atoms with Crippen molar-refractivity contribution in [2.24, 2.45) is 0 Å². The summed E-state index contributed by atoms with van der Waals surface area (Å²) in [6, 6.07) is 17.5. The van der Waals surface area contributed by atoms with Crippen molar-refractivity contribution in [2.45, 2.75) is 13.0 Å². The van der Waals surface area contributed by atoms with Crippen LogP contribution >= 0.6 is 15.9 Å². The Labute approximate surface area is 216 Å². The van der Waals surface area contributed by atoms with Crippen LogP contribution in [0.15, 0.2) is 76.8 Å². The number of ketones is 1. The Balaban J connectivity index is 1.87. The minimum atomic E-state index is -0.900. The van der Waals surface area contributed by atoms with Crippen molar-refractivity contribution in [1.82, 2.24) is 0 Å². The molecule has 1 aliphatic heterocycles. The van der Waals surface area contributed by atoms with E-state index in [0.29, 0.717) is 38.5 Å². The average Bonchev–Trinajstić information content (AvgIpc) is 3.14. The zero-order valence-electron chi connectivity index (χ0n) is 19.7. The number of methoxy groups -OCH3 is 2. The van der Waals surface area contributed by atoms with E-state index in [0.717, 1.165) is 0 Å². The van der Waals surface area contributed by atoms with E-state index in [9.17, 15) is 19.5 Å². The van der Waals surface area contributed by atoms with Crippen molar-refractivity contribution in [1.29, 1.82) is 0 Å². The molecule has 3 aromatic rings.